The molecule has 4 aliphatic rings. The monoisotopic (exact) mass is 351 g/mol. The third-order valence-electron chi connectivity index (χ3n) is 6.19. The zero-order chi connectivity index (χ0) is 16.9. The minimum atomic E-state index is -0.438. The van der Waals surface area contributed by atoms with Gasteiger partial charge in [0.1, 0.15) is 0 Å². The second kappa shape index (κ2) is 5.79. The highest BCUT2D eigenvalue weighted by atomic mass is 35.5. The van der Waals surface area contributed by atoms with Gasteiger partial charge in [-0.25, -0.2) is 0 Å². The van der Waals surface area contributed by atoms with Gasteiger partial charge < -0.3 is 19.9 Å². The standard InChI is InChI=1S/C19H26ClNO3/c1-23-16-5-12(4-15(20)17(16)24-2)10-21-18-6-13-3-14(7-18)9-19(22,8-13)11-18/h4-5,13-14,21-22H,3,6-11H2,1-2H3/t13-,14-,18?,19?/m1/s1. The Morgan fingerprint density at radius 3 is 2.46 bits per heavy atom. The van der Waals surface area contributed by atoms with E-state index in [2.05, 4.69) is 5.32 Å². The summed E-state index contributed by atoms with van der Waals surface area (Å²) in [5.74, 6) is 2.59. The third-order valence-corrected chi connectivity index (χ3v) is 6.47. The van der Waals surface area contributed by atoms with Gasteiger partial charge in [0, 0.05) is 12.1 Å². The number of hydrogen-bond donors (Lipinski definition) is 2. The van der Waals surface area contributed by atoms with Crippen molar-refractivity contribution in [2.75, 3.05) is 14.2 Å². The van der Waals surface area contributed by atoms with Crippen molar-refractivity contribution >= 4 is 11.6 Å². The minimum absolute atomic E-state index is 0.0818. The molecule has 2 atom stereocenters. The molecule has 0 aromatic heterocycles. The Kier molecular flexibility index (Phi) is 3.98. The van der Waals surface area contributed by atoms with Gasteiger partial charge in [0.2, 0.25) is 0 Å². The van der Waals surface area contributed by atoms with Crippen molar-refractivity contribution in [2.45, 2.75) is 56.2 Å². The molecular weight excluding hydrogens is 326 g/mol. The average Bonchev–Trinajstić information content (AvgIpc) is 2.50. The van der Waals surface area contributed by atoms with Crippen LogP contribution < -0.4 is 14.8 Å². The van der Waals surface area contributed by atoms with Gasteiger partial charge in [0.25, 0.3) is 0 Å². The van der Waals surface area contributed by atoms with Crippen molar-refractivity contribution in [2.24, 2.45) is 11.8 Å². The Morgan fingerprint density at radius 1 is 1.17 bits per heavy atom. The number of hydrogen-bond acceptors (Lipinski definition) is 4. The summed E-state index contributed by atoms with van der Waals surface area (Å²) >= 11 is 6.32. The van der Waals surface area contributed by atoms with Gasteiger partial charge in [-0.1, -0.05) is 11.6 Å². The van der Waals surface area contributed by atoms with E-state index in [1.807, 2.05) is 12.1 Å². The highest BCUT2D eigenvalue weighted by molar-refractivity contribution is 6.32. The van der Waals surface area contributed by atoms with Crippen molar-refractivity contribution in [3.05, 3.63) is 22.7 Å². The van der Waals surface area contributed by atoms with E-state index in [0.29, 0.717) is 28.4 Å². The Labute approximate surface area is 148 Å². The molecule has 132 valence electrons. The Morgan fingerprint density at radius 2 is 1.88 bits per heavy atom. The molecule has 2 N–H and O–H groups in total. The first-order valence-electron chi connectivity index (χ1n) is 8.82. The summed E-state index contributed by atoms with van der Waals surface area (Å²) in [5.41, 5.74) is 0.727. The summed E-state index contributed by atoms with van der Waals surface area (Å²) in [5, 5.41) is 15.2. The van der Waals surface area contributed by atoms with Gasteiger partial charge in [-0.15, -0.1) is 0 Å². The smallest absolute Gasteiger partial charge is 0.179 e. The lowest BCUT2D eigenvalue weighted by atomic mass is 9.51. The SMILES string of the molecule is COc1cc(CNC23C[C@H]4C[C@@H](CC(O)(C4)C2)C3)cc(Cl)c1OC. The molecule has 0 unspecified atom stereocenters. The maximum absolute atomic E-state index is 10.9. The predicted molar refractivity (Wildman–Crippen MR) is 93.8 cm³/mol. The van der Waals surface area contributed by atoms with Crippen molar-refractivity contribution in [1.29, 1.82) is 0 Å². The molecule has 24 heavy (non-hydrogen) atoms. The highest BCUT2D eigenvalue weighted by Gasteiger charge is 2.56. The summed E-state index contributed by atoms with van der Waals surface area (Å²) in [6, 6.07) is 3.91. The zero-order valence-electron chi connectivity index (χ0n) is 14.4. The van der Waals surface area contributed by atoms with Crippen LogP contribution in [0.4, 0.5) is 0 Å². The quantitative estimate of drug-likeness (QED) is 0.852. The molecule has 1 aromatic carbocycles. The largest absolute Gasteiger partial charge is 0.493 e. The minimum Gasteiger partial charge on any atom is -0.493 e. The van der Waals surface area contributed by atoms with Crippen molar-refractivity contribution < 1.29 is 14.6 Å². The van der Waals surface area contributed by atoms with E-state index in [-0.39, 0.29) is 5.54 Å². The Hall–Kier alpha value is -0.970. The molecule has 0 radical (unpaired) electrons. The predicted octanol–water partition coefficient (Wildman–Crippen LogP) is 3.53. The van der Waals surface area contributed by atoms with E-state index in [4.69, 9.17) is 21.1 Å². The fourth-order valence-electron chi connectivity index (χ4n) is 5.78. The molecule has 5 rings (SSSR count). The number of ether oxygens (including phenoxy) is 2. The number of methoxy groups -OCH3 is 2. The molecule has 4 aliphatic carbocycles. The van der Waals surface area contributed by atoms with Crippen LogP contribution in [0.15, 0.2) is 12.1 Å². The summed E-state index contributed by atoms with van der Waals surface area (Å²) in [6.45, 7) is 0.732. The van der Waals surface area contributed by atoms with Crippen LogP contribution in [0.1, 0.15) is 44.1 Å². The number of rotatable bonds is 5. The average molecular weight is 352 g/mol. The Balaban J connectivity index is 1.52. The van der Waals surface area contributed by atoms with E-state index < -0.39 is 5.60 Å². The molecule has 4 saturated carbocycles. The van der Waals surface area contributed by atoms with E-state index in [0.717, 1.165) is 31.4 Å². The van der Waals surface area contributed by atoms with Crippen LogP contribution >= 0.6 is 11.6 Å². The van der Waals surface area contributed by atoms with E-state index >= 15 is 0 Å². The molecule has 5 heteroatoms. The van der Waals surface area contributed by atoms with Crippen LogP contribution in [-0.2, 0) is 6.54 Å². The van der Waals surface area contributed by atoms with Gasteiger partial charge in [0.05, 0.1) is 24.8 Å². The highest BCUT2D eigenvalue weighted by Crippen LogP contribution is 2.57. The fourth-order valence-corrected chi connectivity index (χ4v) is 6.09. The first-order valence-corrected chi connectivity index (χ1v) is 9.20. The topological polar surface area (TPSA) is 50.7 Å². The van der Waals surface area contributed by atoms with Gasteiger partial charge in [-0.3, -0.25) is 0 Å². The van der Waals surface area contributed by atoms with Crippen molar-refractivity contribution in [1.82, 2.24) is 5.32 Å². The molecular formula is C19H26ClNO3. The molecule has 4 fully saturated rings. The van der Waals surface area contributed by atoms with Gasteiger partial charge in [-0.2, -0.15) is 0 Å². The summed E-state index contributed by atoms with van der Waals surface area (Å²) in [4.78, 5) is 0. The number of benzene rings is 1. The van der Waals surface area contributed by atoms with Crippen LogP contribution in [-0.4, -0.2) is 30.5 Å². The maximum Gasteiger partial charge on any atom is 0.179 e. The molecule has 0 spiro atoms. The number of nitrogens with one attached hydrogen (secondary N) is 1. The number of aliphatic hydroxyl groups is 1. The van der Waals surface area contributed by atoms with Crippen LogP contribution in [0.25, 0.3) is 0 Å². The lowest BCUT2D eigenvalue weighted by Gasteiger charge is -2.60. The summed E-state index contributed by atoms with van der Waals surface area (Å²) < 4.78 is 10.7. The zero-order valence-corrected chi connectivity index (χ0v) is 15.2. The van der Waals surface area contributed by atoms with Crippen LogP contribution in [0.3, 0.4) is 0 Å². The molecule has 4 nitrogen and oxygen atoms in total. The molecule has 1 aromatic rings. The first-order chi connectivity index (χ1) is 11.4. The lowest BCUT2D eigenvalue weighted by Crippen LogP contribution is -2.64. The third kappa shape index (κ3) is 2.79. The van der Waals surface area contributed by atoms with Gasteiger partial charge in [-0.05, 0) is 68.1 Å². The molecule has 0 saturated heterocycles. The second-order valence-electron chi connectivity index (χ2n) is 8.13. The summed E-state index contributed by atoms with van der Waals surface area (Å²) in [7, 11) is 3.22. The molecule has 0 heterocycles. The molecule has 0 amide bonds. The van der Waals surface area contributed by atoms with Crippen molar-refractivity contribution in [3.8, 4) is 11.5 Å². The first kappa shape index (κ1) is 16.5. The molecule has 0 aliphatic heterocycles. The second-order valence-corrected chi connectivity index (χ2v) is 8.54. The normalized spacial score (nSPS) is 36.8. The van der Waals surface area contributed by atoms with E-state index in [1.165, 1.54) is 19.3 Å². The fraction of sp³-hybridized carbons (Fsp3) is 0.684. The van der Waals surface area contributed by atoms with Crippen molar-refractivity contribution in [3.63, 3.8) is 0 Å². The van der Waals surface area contributed by atoms with E-state index in [9.17, 15) is 5.11 Å². The maximum atomic E-state index is 10.9. The van der Waals surface area contributed by atoms with Crippen LogP contribution in [0.2, 0.25) is 5.02 Å². The van der Waals surface area contributed by atoms with Gasteiger partial charge >= 0.3 is 0 Å². The Bertz CT molecular complexity index is 634. The molecule has 4 bridgehead atoms. The van der Waals surface area contributed by atoms with E-state index in [1.54, 1.807) is 14.2 Å². The number of halogens is 1. The lowest BCUT2D eigenvalue weighted by molar-refractivity contribution is -0.142. The van der Waals surface area contributed by atoms with Gasteiger partial charge in [0.15, 0.2) is 11.5 Å². The van der Waals surface area contributed by atoms with Crippen LogP contribution in [0.5, 0.6) is 11.5 Å². The summed E-state index contributed by atoms with van der Waals surface area (Å²) in [6.07, 6.45) is 6.55. The van der Waals surface area contributed by atoms with Crippen LogP contribution in [0, 0.1) is 11.8 Å².